The first kappa shape index (κ1) is 14.0. The average molecular weight is 326 g/mol. The van der Waals surface area contributed by atoms with Crippen molar-refractivity contribution in [2.45, 2.75) is 19.9 Å². The lowest BCUT2D eigenvalue weighted by Crippen LogP contribution is -2.10. The number of rotatable bonds is 3. The van der Waals surface area contributed by atoms with Crippen LogP contribution < -0.4 is 5.32 Å². The molecule has 0 heterocycles. The highest BCUT2D eigenvalue weighted by Gasteiger charge is 2.14. The molecule has 0 aliphatic carbocycles. The van der Waals surface area contributed by atoms with Gasteiger partial charge in [-0.15, -0.1) is 0 Å². The molecule has 0 aromatic heterocycles. The predicted molar refractivity (Wildman–Crippen MR) is 77.3 cm³/mol. The van der Waals surface area contributed by atoms with Crippen LogP contribution in [0.2, 0.25) is 0 Å². The number of hydrogen-bond acceptors (Lipinski definition) is 1. The molecule has 0 fully saturated rings. The van der Waals surface area contributed by atoms with Crippen LogP contribution in [-0.2, 0) is 0 Å². The molecule has 0 amide bonds. The van der Waals surface area contributed by atoms with Gasteiger partial charge in [0.15, 0.2) is 0 Å². The van der Waals surface area contributed by atoms with Gasteiger partial charge in [-0.2, -0.15) is 0 Å². The molecule has 0 saturated heterocycles. The lowest BCUT2D eigenvalue weighted by molar-refractivity contribution is 0.583. The summed E-state index contributed by atoms with van der Waals surface area (Å²) in [6.07, 6.45) is 0. The van der Waals surface area contributed by atoms with Crippen LogP contribution in [0, 0.1) is 18.6 Å². The first-order valence-electron chi connectivity index (χ1n) is 5.95. The quantitative estimate of drug-likeness (QED) is 0.816. The van der Waals surface area contributed by atoms with E-state index in [9.17, 15) is 8.78 Å². The van der Waals surface area contributed by atoms with E-state index in [-0.39, 0.29) is 11.7 Å². The third-order valence-electron chi connectivity index (χ3n) is 3.02. The smallest absolute Gasteiger partial charge is 0.150 e. The third kappa shape index (κ3) is 3.13. The van der Waals surface area contributed by atoms with Crippen molar-refractivity contribution in [1.82, 2.24) is 0 Å². The Morgan fingerprint density at radius 2 is 1.68 bits per heavy atom. The Hall–Kier alpha value is -1.42. The highest BCUT2D eigenvalue weighted by atomic mass is 79.9. The zero-order valence-electron chi connectivity index (χ0n) is 10.7. The van der Waals surface area contributed by atoms with E-state index in [0.717, 1.165) is 11.1 Å². The molecular weight excluding hydrogens is 312 g/mol. The summed E-state index contributed by atoms with van der Waals surface area (Å²) >= 11 is 3.06. The molecule has 1 N–H and O–H groups in total. The van der Waals surface area contributed by atoms with Crippen molar-refractivity contribution in [3.05, 3.63) is 63.6 Å². The van der Waals surface area contributed by atoms with E-state index in [0.29, 0.717) is 4.47 Å². The Kier molecular flexibility index (Phi) is 4.20. The Morgan fingerprint density at radius 1 is 1.11 bits per heavy atom. The molecular formula is C15H14BrF2N. The van der Waals surface area contributed by atoms with E-state index in [1.165, 1.54) is 12.1 Å². The molecule has 19 heavy (non-hydrogen) atoms. The second-order valence-electron chi connectivity index (χ2n) is 4.47. The molecule has 4 heteroatoms. The largest absolute Gasteiger partial charge is 0.374 e. The van der Waals surface area contributed by atoms with Gasteiger partial charge < -0.3 is 5.32 Å². The maximum atomic E-state index is 13.8. The highest BCUT2D eigenvalue weighted by molar-refractivity contribution is 9.10. The zero-order chi connectivity index (χ0) is 14.0. The fourth-order valence-electron chi connectivity index (χ4n) is 2.05. The van der Waals surface area contributed by atoms with Gasteiger partial charge in [0.05, 0.1) is 0 Å². The molecule has 2 aromatic carbocycles. The molecule has 0 aliphatic heterocycles. The first-order chi connectivity index (χ1) is 8.99. The van der Waals surface area contributed by atoms with Crippen LogP contribution in [0.5, 0.6) is 0 Å². The van der Waals surface area contributed by atoms with Crippen LogP contribution in [0.25, 0.3) is 0 Å². The summed E-state index contributed by atoms with van der Waals surface area (Å²) in [7, 11) is 0. The van der Waals surface area contributed by atoms with E-state index in [1.807, 2.05) is 38.1 Å². The summed E-state index contributed by atoms with van der Waals surface area (Å²) in [6, 6.07) is 10.1. The fourth-order valence-corrected chi connectivity index (χ4v) is 2.45. The predicted octanol–water partition coefficient (Wildman–Crippen LogP) is 5.21. The number of nitrogens with one attached hydrogen (secondary N) is 1. The molecule has 1 unspecified atom stereocenters. The Balaban J connectivity index is 2.29. The number of benzene rings is 2. The molecule has 2 rings (SSSR count). The van der Waals surface area contributed by atoms with Crippen LogP contribution in [0.3, 0.4) is 0 Å². The van der Waals surface area contributed by atoms with Crippen LogP contribution in [0.1, 0.15) is 24.1 Å². The second kappa shape index (κ2) is 5.70. The molecule has 0 aliphatic rings. The summed E-state index contributed by atoms with van der Waals surface area (Å²) in [5, 5.41) is 2.89. The van der Waals surface area contributed by atoms with Crippen LogP contribution in [-0.4, -0.2) is 0 Å². The molecule has 0 saturated carbocycles. The topological polar surface area (TPSA) is 12.0 Å². The molecule has 1 atom stereocenters. The van der Waals surface area contributed by atoms with Gasteiger partial charge in [0.1, 0.15) is 17.3 Å². The van der Waals surface area contributed by atoms with Gasteiger partial charge >= 0.3 is 0 Å². The van der Waals surface area contributed by atoms with Crippen molar-refractivity contribution in [2.24, 2.45) is 0 Å². The van der Waals surface area contributed by atoms with E-state index in [4.69, 9.17) is 0 Å². The Morgan fingerprint density at radius 3 is 2.26 bits per heavy atom. The maximum absolute atomic E-state index is 13.8. The molecule has 100 valence electrons. The van der Waals surface area contributed by atoms with Crippen molar-refractivity contribution >= 4 is 21.6 Å². The molecule has 1 nitrogen and oxygen atoms in total. The van der Waals surface area contributed by atoms with Gasteiger partial charge in [-0.1, -0.05) is 40.2 Å². The number of anilines is 1. The van der Waals surface area contributed by atoms with Gasteiger partial charge in [-0.3, -0.25) is 0 Å². The van der Waals surface area contributed by atoms with Gasteiger partial charge in [-0.25, -0.2) is 8.78 Å². The van der Waals surface area contributed by atoms with Crippen molar-refractivity contribution in [3.8, 4) is 0 Å². The summed E-state index contributed by atoms with van der Waals surface area (Å²) in [5.41, 5.74) is 2.00. The standard InChI is InChI=1S/C15H14BrF2N/c1-9-5-3-4-6-12(9)10(2)19-15-13(17)7-11(16)8-14(15)18/h3-8,10,19H,1-2H3. The summed E-state index contributed by atoms with van der Waals surface area (Å²) in [4.78, 5) is 0. The monoisotopic (exact) mass is 325 g/mol. The van der Waals surface area contributed by atoms with Crippen LogP contribution in [0.4, 0.5) is 14.5 Å². The highest BCUT2D eigenvalue weighted by Crippen LogP contribution is 2.28. The number of halogens is 3. The Labute approximate surface area is 119 Å². The van der Waals surface area contributed by atoms with Gasteiger partial charge in [0.2, 0.25) is 0 Å². The van der Waals surface area contributed by atoms with E-state index in [2.05, 4.69) is 21.2 Å². The van der Waals surface area contributed by atoms with E-state index in [1.54, 1.807) is 0 Å². The lowest BCUT2D eigenvalue weighted by atomic mass is 10.0. The fraction of sp³-hybridized carbons (Fsp3) is 0.200. The first-order valence-corrected chi connectivity index (χ1v) is 6.75. The van der Waals surface area contributed by atoms with Crippen LogP contribution >= 0.6 is 15.9 Å². The minimum absolute atomic E-state index is 0.0982. The summed E-state index contributed by atoms with van der Waals surface area (Å²) in [5.74, 6) is -1.21. The van der Waals surface area contributed by atoms with Crippen molar-refractivity contribution in [3.63, 3.8) is 0 Å². The molecule has 0 bridgehead atoms. The lowest BCUT2D eigenvalue weighted by Gasteiger charge is -2.18. The van der Waals surface area contributed by atoms with E-state index < -0.39 is 11.6 Å². The number of hydrogen-bond donors (Lipinski definition) is 1. The van der Waals surface area contributed by atoms with Crippen molar-refractivity contribution in [2.75, 3.05) is 5.32 Å². The Bertz CT molecular complexity index is 575. The summed E-state index contributed by atoms with van der Waals surface area (Å²) < 4.78 is 27.9. The normalized spacial score (nSPS) is 12.3. The maximum Gasteiger partial charge on any atom is 0.150 e. The summed E-state index contributed by atoms with van der Waals surface area (Å²) in [6.45, 7) is 3.85. The third-order valence-corrected chi connectivity index (χ3v) is 3.48. The van der Waals surface area contributed by atoms with Gasteiger partial charge in [0.25, 0.3) is 0 Å². The minimum Gasteiger partial charge on any atom is -0.374 e. The van der Waals surface area contributed by atoms with E-state index >= 15 is 0 Å². The van der Waals surface area contributed by atoms with Crippen molar-refractivity contribution < 1.29 is 8.78 Å². The molecule has 0 spiro atoms. The molecule has 0 radical (unpaired) electrons. The van der Waals surface area contributed by atoms with Crippen LogP contribution in [0.15, 0.2) is 40.9 Å². The molecule has 2 aromatic rings. The minimum atomic E-state index is -0.604. The average Bonchev–Trinajstić information content (AvgIpc) is 2.34. The second-order valence-corrected chi connectivity index (χ2v) is 5.38. The number of aryl methyl sites for hydroxylation is 1. The van der Waals surface area contributed by atoms with Gasteiger partial charge in [0, 0.05) is 10.5 Å². The SMILES string of the molecule is Cc1ccccc1C(C)Nc1c(F)cc(Br)cc1F. The zero-order valence-corrected chi connectivity index (χ0v) is 12.3. The van der Waals surface area contributed by atoms with Crippen molar-refractivity contribution in [1.29, 1.82) is 0 Å². The van der Waals surface area contributed by atoms with Gasteiger partial charge in [-0.05, 0) is 37.1 Å².